The molecule has 1 aromatic carbocycles. The predicted molar refractivity (Wildman–Crippen MR) is 85.7 cm³/mol. The Kier molecular flexibility index (Phi) is 4.81. The van der Waals surface area contributed by atoms with Gasteiger partial charge in [0.1, 0.15) is 5.97 Å². The highest BCUT2D eigenvalue weighted by molar-refractivity contribution is 5.93. The normalized spacial score (nSPS) is 14.4. The van der Waals surface area contributed by atoms with E-state index < -0.39 is 11.9 Å². The predicted octanol–water partition coefficient (Wildman–Crippen LogP) is -0.0173. The number of nitrogens with zero attached hydrogens (tertiary/aromatic N) is 1. The van der Waals surface area contributed by atoms with E-state index in [1.54, 1.807) is 0 Å². The van der Waals surface area contributed by atoms with Crippen LogP contribution >= 0.6 is 0 Å². The lowest BCUT2D eigenvalue weighted by Crippen LogP contribution is -2.43. The molecule has 0 atom stereocenters. The number of aromatic carboxylic acids is 1. The van der Waals surface area contributed by atoms with Crippen LogP contribution in [0.2, 0.25) is 0 Å². The quantitative estimate of drug-likeness (QED) is 0.801. The number of nitrogens with one attached hydrogen (secondary N) is 2. The van der Waals surface area contributed by atoms with E-state index in [0.717, 1.165) is 37.4 Å². The average molecular weight is 328 g/mol. The van der Waals surface area contributed by atoms with E-state index in [9.17, 15) is 14.7 Å². The van der Waals surface area contributed by atoms with Gasteiger partial charge in [0.15, 0.2) is 11.5 Å². The first kappa shape index (κ1) is 16.1. The van der Waals surface area contributed by atoms with Crippen molar-refractivity contribution in [3.05, 3.63) is 53.5 Å². The number of hydrogen-bond donors (Lipinski definition) is 2. The van der Waals surface area contributed by atoms with Crippen molar-refractivity contribution >= 4 is 17.6 Å². The summed E-state index contributed by atoms with van der Waals surface area (Å²) in [6.07, 6.45) is 0. The van der Waals surface area contributed by atoms with Gasteiger partial charge >= 0.3 is 0 Å². The second kappa shape index (κ2) is 7.18. The van der Waals surface area contributed by atoms with Crippen molar-refractivity contribution in [2.75, 3.05) is 31.1 Å². The van der Waals surface area contributed by atoms with Gasteiger partial charge in [0.2, 0.25) is 0 Å². The van der Waals surface area contributed by atoms with Gasteiger partial charge in [0.25, 0.3) is 5.91 Å². The number of anilines is 1. The van der Waals surface area contributed by atoms with Gasteiger partial charge in [-0.1, -0.05) is 12.1 Å². The van der Waals surface area contributed by atoms with Crippen LogP contribution in [0, 0.1) is 0 Å². The summed E-state index contributed by atoms with van der Waals surface area (Å²) < 4.78 is 4.91. The maximum Gasteiger partial charge on any atom is 0.287 e. The molecule has 0 aliphatic carbocycles. The van der Waals surface area contributed by atoms with E-state index in [1.165, 1.54) is 12.1 Å². The van der Waals surface area contributed by atoms with Gasteiger partial charge in [-0.25, -0.2) is 0 Å². The zero-order valence-corrected chi connectivity index (χ0v) is 13.1. The van der Waals surface area contributed by atoms with Crippen molar-refractivity contribution in [1.29, 1.82) is 0 Å². The molecule has 1 aromatic heterocycles. The van der Waals surface area contributed by atoms with Gasteiger partial charge in [0, 0.05) is 38.4 Å². The number of hydrogen-bond acceptors (Lipinski definition) is 6. The van der Waals surface area contributed by atoms with Crippen molar-refractivity contribution in [1.82, 2.24) is 10.6 Å². The Balaban J connectivity index is 1.55. The Morgan fingerprint density at radius 3 is 2.38 bits per heavy atom. The smallest absolute Gasteiger partial charge is 0.287 e. The molecule has 7 heteroatoms. The Hall–Kier alpha value is -2.80. The Labute approximate surface area is 139 Å². The molecule has 2 heterocycles. The summed E-state index contributed by atoms with van der Waals surface area (Å²) >= 11 is 0. The molecule has 0 unspecified atom stereocenters. The van der Waals surface area contributed by atoms with Gasteiger partial charge in [0.05, 0.1) is 0 Å². The number of furan rings is 1. The van der Waals surface area contributed by atoms with Crippen LogP contribution in [0.15, 0.2) is 40.8 Å². The van der Waals surface area contributed by atoms with Crippen LogP contribution in [0.1, 0.15) is 26.7 Å². The molecule has 2 aromatic rings. The molecule has 7 nitrogen and oxygen atoms in total. The molecule has 1 aliphatic heterocycles. The van der Waals surface area contributed by atoms with Crippen LogP contribution in [0.3, 0.4) is 0 Å². The first-order valence-corrected chi connectivity index (χ1v) is 7.77. The highest BCUT2D eigenvalue weighted by Gasteiger charge is 2.12. The molecule has 0 bridgehead atoms. The van der Waals surface area contributed by atoms with Gasteiger partial charge in [-0.2, -0.15) is 0 Å². The molecule has 2 N–H and O–H groups in total. The lowest BCUT2D eigenvalue weighted by atomic mass is 10.2. The van der Waals surface area contributed by atoms with Crippen LogP contribution < -0.4 is 20.6 Å². The van der Waals surface area contributed by atoms with Crippen molar-refractivity contribution in [2.24, 2.45) is 0 Å². The molecule has 0 spiro atoms. The minimum Gasteiger partial charge on any atom is -0.542 e. The fraction of sp³-hybridized carbons (Fsp3) is 0.294. The van der Waals surface area contributed by atoms with Crippen LogP contribution in [0.5, 0.6) is 0 Å². The molecule has 0 radical (unpaired) electrons. The summed E-state index contributed by atoms with van der Waals surface area (Å²) in [6, 6.07) is 10.5. The lowest BCUT2D eigenvalue weighted by Gasteiger charge is -2.29. The first-order valence-electron chi connectivity index (χ1n) is 7.77. The minimum atomic E-state index is -1.45. The van der Waals surface area contributed by atoms with Crippen LogP contribution in [-0.4, -0.2) is 38.1 Å². The SMILES string of the molecule is O=C([O-])c1ccc(C(=O)NCc2ccc(N3CCNCC3)cc2)o1. The number of carbonyl (C=O) groups is 2. The van der Waals surface area contributed by atoms with Gasteiger partial charge in [-0.15, -0.1) is 0 Å². The summed E-state index contributed by atoms with van der Waals surface area (Å²) in [5, 5.41) is 16.6. The van der Waals surface area contributed by atoms with E-state index in [1.807, 2.05) is 24.3 Å². The van der Waals surface area contributed by atoms with Crippen LogP contribution in [-0.2, 0) is 6.54 Å². The number of rotatable bonds is 5. The van der Waals surface area contributed by atoms with Gasteiger partial charge in [-0.05, 0) is 29.8 Å². The number of carboxylic acid groups (broad SMARTS) is 1. The lowest BCUT2D eigenvalue weighted by molar-refractivity contribution is -0.257. The van der Waals surface area contributed by atoms with E-state index in [2.05, 4.69) is 15.5 Å². The topological polar surface area (TPSA) is 97.6 Å². The van der Waals surface area contributed by atoms with Crippen LogP contribution in [0.25, 0.3) is 0 Å². The third-order valence-corrected chi connectivity index (χ3v) is 3.90. The molecule has 3 rings (SSSR count). The second-order valence-corrected chi connectivity index (χ2v) is 5.54. The first-order chi connectivity index (χ1) is 11.6. The van der Waals surface area contributed by atoms with E-state index in [4.69, 9.17) is 4.42 Å². The highest BCUT2D eigenvalue weighted by atomic mass is 16.4. The number of carboxylic acids is 1. The molecule has 1 saturated heterocycles. The van der Waals surface area contributed by atoms with E-state index in [0.29, 0.717) is 6.54 Å². The van der Waals surface area contributed by atoms with E-state index >= 15 is 0 Å². The summed E-state index contributed by atoms with van der Waals surface area (Å²) in [6.45, 7) is 4.26. The van der Waals surface area contributed by atoms with Crippen molar-refractivity contribution < 1.29 is 19.1 Å². The Bertz CT molecular complexity index is 718. The van der Waals surface area contributed by atoms with Crippen molar-refractivity contribution in [3.63, 3.8) is 0 Å². The Morgan fingerprint density at radius 2 is 1.75 bits per heavy atom. The molecule has 24 heavy (non-hydrogen) atoms. The maximum atomic E-state index is 11.9. The average Bonchev–Trinajstić information content (AvgIpc) is 3.11. The van der Waals surface area contributed by atoms with Crippen LogP contribution in [0.4, 0.5) is 5.69 Å². The zero-order chi connectivity index (χ0) is 16.9. The second-order valence-electron chi connectivity index (χ2n) is 5.54. The van der Waals surface area contributed by atoms with Crippen molar-refractivity contribution in [2.45, 2.75) is 6.54 Å². The molecule has 0 saturated carbocycles. The third-order valence-electron chi connectivity index (χ3n) is 3.90. The molecule has 1 amide bonds. The number of piperazine rings is 1. The third kappa shape index (κ3) is 3.75. The van der Waals surface area contributed by atoms with Crippen molar-refractivity contribution in [3.8, 4) is 0 Å². The fourth-order valence-electron chi connectivity index (χ4n) is 2.59. The molecule has 126 valence electrons. The number of benzene rings is 1. The van der Waals surface area contributed by atoms with Gasteiger partial charge < -0.3 is 29.9 Å². The summed E-state index contributed by atoms with van der Waals surface area (Å²) in [5.74, 6) is -2.32. The summed E-state index contributed by atoms with van der Waals surface area (Å²) in [4.78, 5) is 24.9. The zero-order valence-electron chi connectivity index (χ0n) is 13.1. The van der Waals surface area contributed by atoms with E-state index in [-0.39, 0.29) is 11.5 Å². The molecule has 1 aliphatic rings. The fourth-order valence-corrected chi connectivity index (χ4v) is 2.59. The maximum absolute atomic E-state index is 11.9. The standard InChI is InChI=1S/C17H19N3O4/c21-16(14-5-6-15(24-14)17(22)23)19-11-12-1-3-13(4-2-12)20-9-7-18-8-10-20/h1-6,18H,7-11H2,(H,19,21)(H,22,23)/p-1. The van der Waals surface area contributed by atoms with Gasteiger partial charge in [-0.3, -0.25) is 4.79 Å². The number of amides is 1. The monoisotopic (exact) mass is 328 g/mol. The number of carbonyl (C=O) groups excluding carboxylic acids is 2. The molecule has 1 fully saturated rings. The molecular weight excluding hydrogens is 310 g/mol. The summed E-state index contributed by atoms with van der Waals surface area (Å²) in [5.41, 5.74) is 2.12. The highest BCUT2D eigenvalue weighted by Crippen LogP contribution is 2.16. The summed E-state index contributed by atoms with van der Waals surface area (Å²) in [7, 11) is 0. The largest absolute Gasteiger partial charge is 0.542 e. The molecular formula is C17H18N3O4-. The minimum absolute atomic E-state index is 0.0494. The Morgan fingerprint density at radius 1 is 1.08 bits per heavy atom.